The van der Waals surface area contributed by atoms with Gasteiger partial charge in [-0.2, -0.15) is 0 Å². The Balaban J connectivity index is 0.00000225. The molecule has 2 fully saturated rings. The van der Waals surface area contributed by atoms with Crippen molar-refractivity contribution in [2.24, 2.45) is 0 Å². The minimum atomic E-state index is -1.79. The van der Waals surface area contributed by atoms with Crippen molar-refractivity contribution < 1.29 is 43.1 Å². The first-order chi connectivity index (χ1) is 12.9. The number of hydrogen-bond acceptors (Lipinski definition) is 3. The molecule has 0 aliphatic carbocycles. The summed E-state index contributed by atoms with van der Waals surface area (Å²) in [5.74, 6) is -0.573. The second-order valence-electron chi connectivity index (χ2n) is 8.46. The van der Waals surface area contributed by atoms with Crippen LogP contribution in [-0.2, 0) is 15.1 Å². The normalized spacial score (nSPS) is 25.6. The number of fused-ring (bicyclic) bond motifs is 2. The molecule has 2 unspecified atom stereocenters. The Bertz CT molecular complexity index is 754. The summed E-state index contributed by atoms with van der Waals surface area (Å²) in [4.78, 5) is 13.3. The lowest BCUT2D eigenvalue weighted by molar-refractivity contribution is -0.931. The molecule has 0 amide bonds. The van der Waals surface area contributed by atoms with Crippen LogP contribution in [0.4, 0.5) is 0 Å². The minimum Gasteiger partial charge on any atom is -1.00 e. The van der Waals surface area contributed by atoms with Crippen molar-refractivity contribution in [2.75, 3.05) is 14.1 Å². The van der Waals surface area contributed by atoms with Crippen LogP contribution in [0.1, 0.15) is 36.8 Å². The van der Waals surface area contributed by atoms with Gasteiger partial charge in [0, 0.05) is 25.7 Å². The van der Waals surface area contributed by atoms with Crippen LogP contribution in [0.2, 0.25) is 0 Å². The quantitative estimate of drug-likeness (QED) is 0.377. The first-order valence-electron chi connectivity index (χ1n) is 9.80. The molecule has 0 saturated carbocycles. The lowest BCUT2D eigenvalue weighted by atomic mass is 9.86. The number of nitrogens with zero attached hydrogens (tertiary/aromatic N) is 1. The molecule has 150 valence electrons. The lowest BCUT2D eigenvalue weighted by Gasteiger charge is -2.44. The van der Waals surface area contributed by atoms with E-state index in [1.54, 1.807) is 24.3 Å². The Labute approximate surface area is 184 Å². The molecule has 2 aromatic rings. The second-order valence-corrected chi connectivity index (χ2v) is 8.46. The zero-order valence-corrected chi connectivity index (χ0v) is 18.6. The van der Waals surface area contributed by atoms with Crippen LogP contribution >= 0.6 is 0 Å². The molecule has 2 aliphatic rings. The Morgan fingerprint density at radius 2 is 1.36 bits per heavy atom. The van der Waals surface area contributed by atoms with Gasteiger partial charge in [-0.15, -0.1) is 0 Å². The third kappa shape index (κ3) is 3.60. The SMILES string of the molecule is C[N+]1(C)C2CCC1CC(OC(=O)C(O)(c1ccccc1)c1ccccc1)C2.[I-]. The number of hydrogen-bond donors (Lipinski definition) is 1. The molecule has 2 bridgehead atoms. The van der Waals surface area contributed by atoms with Gasteiger partial charge in [0.15, 0.2) is 0 Å². The Morgan fingerprint density at radius 1 is 0.929 bits per heavy atom. The van der Waals surface area contributed by atoms with Gasteiger partial charge in [-0.3, -0.25) is 0 Å². The largest absolute Gasteiger partial charge is 1.00 e. The van der Waals surface area contributed by atoms with E-state index < -0.39 is 11.6 Å². The molecule has 28 heavy (non-hydrogen) atoms. The maximum Gasteiger partial charge on any atom is 0.347 e. The number of quaternary nitrogens is 1. The monoisotopic (exact) mass is 493 g/mol. The van der Waals surface area contributed by atoms with Gasteiger partial charge in [0.05, 0.1) is 26.2 Å². The van der Waals surface area contributed by atoms with Gasteiger partial charge in [0.1, 0.15) is 6.10 Å². The average Bonchev–Trinajstić information content (AvgIpc) is 2.86. The molecule has 2 aromatic carbocycles. The smallest absolute Gasteiger partial charge is 0.347 e. The van der Waals surface area contributed by atoms with Crippen molar-refractivity contribution in [3.63, 3.8) is 0 Å². The summed E-state index contributed by atoms with van der Waals surface area (Å²) in [5, 5.41) is 11.5. The summed E-state index contributed by atoms with van der Waals surface area (Å²) in [6.45, 7) is 0. The molecule has 5 heteroatoms. The summed E-state index contributed by atoms with van der Waals surface area (Å²) in [6, 6.07) is 19.2. The fraction of sp³-hybridized carbons (Fsp3) is 0.435. The third-order valence-electron chi connectivity index (χ3n) is 6.74. The highest BCUT2D eigenvalue weighted by Gasteiger charge is 2.51. The van der Waals surface area contributed by atoms with E-state index in [0.717, 1.165) is 17.3 Å². The molecule has 2 heterocycles. The topological polar surface area (TPSA) is 46.5 Å². The van der Waals surface area contributed by atoms with Gasteiger partial charge in [-0.05, 0) is 11.1 Å². The van der Waals surface area contributed by atoms with Crippen LogP contribution in [0.15, 0.2) is 60.7 Å². The van der Waals surface area contributed by atoms with Gasteiger partial charge >= 0.3 is 5.97 Å². The average molecular weight is 493 g/mol. The van der Waals surface area contributed by atoms with Gasteiger partial charge in [0.25, 0.3) is 0 Å². The summed E-state index contributed by atoms with van der Waals surface area (Å²) >= 11 is 0. The van der Waals surface area contributed by atoms with E-state index in [-0.39, 0.29) is 30.1 Å². The van der Waals surface area contributed by atoms with E-state index >= 15 is 0 Å². The number of benzene rings is 2. The van der Waals surface area contributed by atoms with E-state index in [2.05, 4.69) is 14.1 Å². The lowest BCUT2D eigenvalue weighted by Crippen LogP contribution is -3.00. The summed E-state index contributed by atoms with van der Waals surface area (Å²) in [5.41, 5.74) is -0.712. The Morgan fingerprint density at radius 3 is 1.79 bits per heavy atom. The zero-order valence-electron chi connectivity index (χ0n) is 16.4. The van der Waals surface area contributed by atoms with Gasteiger partial charge < -0.3 is 38.3 Å². The number of carbonyl (C=O) groups is 1. The van der Waals surface area contributed by atoms with Crippen molar-refractivity contribution >= 4 is 5.97 Å². The van der Waals surface area contributed by atoms with Crippen LogP contribution < -0.4 is 24.0 Å². The van der Waals surface area contributed by atoms with Crippen LogP contribution in [0, 0.1) is 0 Å². The van der Waals surface area contributed by atoms with Crippen molar-refractivity contribution in [1.29, 1.82) is 0 Å². The Hall–Kier alpha value is -1.44. The summed E-state index contributed by atoms with van der Waals surface area (Å²) in [6.07, 6.45) is 3.99. The molecule has 4 nitrogen and oxygen atoms in total. The van der Waals surface area contributed by atoms with Crippen molar-refractivity contribution in [1.82, 2.24) is 0 Å². The third-order valence-corrected chi connectivity index (χ3v) is 6.74. The number of piperidine rings is 1. The minimum absolute atomic E-state index is 0. The summed E-state index contributed by atoms with van der Waals surface area (Å²) in [7, 11) is 4.56. The standard InChI is InChI=1S/C23H28NO3.HI/c1-24(2)19-13-14-20(24)16-21(15-19)27-22(25)23(26,17-9-5-3-6-10-17)18-11-7-4-8-12-18;/h3-12,19-21,26H,13-16H2,1-2H3;1H/q+1;/p-1. The van der Waals surface area contributed by atoms with Gasteiger partial charge in [-0.25, -0.2) is 4.79 Å². The van der Waals surface area contributed by atoms with Crippen LogP contribution in [-0.4, -0.2) is 47.8 Å². The molecule has 0 aromatic heterocycles. The highest BCUT2D eigenvalue weighted by Crippen LogP contribution is 2.41. The van der Waals surface area contributed by atoms with Crippen LogP contribution in [0.5, 0.6) is 0 Å². The maximum absolute atomic E-state index is 13.3. The van der Waals surface area contributed by atoms with Gasteiger partial charge in [0.2, 0.25) is 5.60 Å². The van der Waals surface area contributed by atoms with E-state index in [9.17, 15) is 9.90 Å². The molecule has 4 rings (SSSR count). The number of aliphatic hydroxyl groups is 1. The first-order valence-corrected chi connectivity index (χ1v) is 9.80. The number of halogens is 1. The number of ether oxygens (including phenoxy) is 1. The number of carbonyl (C=O) groups excluding carboxylic acids is 1. The second kappa shape index (κ2) is 8.13. The number of rotatable bonds is 4. The maximum atomic E-state index is 13.3. The molecule has 2 atom stereocenters. The molecular formula is C23H28INO3. The molecule has 0 spiro atoms. The van der Waals surface area contributed by atoms with Crippen molar-refractivity contribution in [2.45, 2.75) is 49.5 Å². The van der Waals surface area contributed by atoms with Crippen molar-refractivity contribution in [3.8, 4) is 0 Å². The number of esters is 1. The van der Waals surface area contributed by atoms with Crippen LogP contribution in [0.25, 0.3) is 0 Å². The van der Waals surface area contributed by atoms with E-state index in [0.29, 0.717) is 23.2 Å². The Kier molecular flexibility index (Phi) is 6.17. The van der Waals surface area contributed by atoms with Crippen molar-refractivity contribution in [3.05, 3.63) is 71.8 Å². The summed E-state index contributed by atoms with van der Waals surface area (Å²) < 4.78 is 6.96. The molecule has 2 aliphatic heterocycles. The first kappa shape index (κ1) is 21.3. The van der Waals surface area contributed by atoms with E-state index in [4.69, 9.17) is 4.74 Å². The van der Waals surface area contributed by atoms with E-state index in [1.807, 2.05) is 36.4 Å². The predicted molar refractivity (Wildman–Crippen MR) is 104 cm³/mol. The predicted octanol–water partition coefficient (Wildman–Crippen LogP) is 0.240. The molecule has 2 saturated heterocycles. The highest BCUT2D eigenvalue weighted by molar-refractivity contribution is 5.85. The fourth-order valence-corrected chi connectivity index (χ4v) is 4.92. The molecular weight excluding hydrogens is 465 g/mol. The van der Waals surface area contributed by atoms with Crippen LogP contribution in [0.3, 0.4) is 0 Å². The molecule has 0 radical (unpaired) electrons. The highest BCUT2D eigenvalue weighted by atomic mass is 127. The fourth-order valence-electron chi connectivity index (χ4n) is 4.92. The van der Waals surface area contributed by atoms with Gasteiger partial charge in [-0.1, -0.05) is 60.7 Å². The zero-order chi connectivity index (χ0) is 19.1. The molecule has 1 N–H and O–H groups in total. The van der Waals surface area contributed by atoms with E-state index in [1.165, 1.54) is 12.8 Å².